The minimum absolute atomic E-state index is 0.0153. The van der Waals surface area contributed by atoms with Crippen LogP contribution in [0.5, 0.6) is 11.5 Å². The molecule has 1 aliphatic rings. The van der Waals surface area contributed by atoms with Crippen LogP contribution in [0.4, 0.5) is 5.69 Å². The summed E-state index contributed by atoms with van der Waals surface area (Å²) in [7, 11) is 0. The first-order chi connectivity index (χ1) is 16.5. The number of aromatic nitrogens is 1. The molecule has 174 valence electrons. The third kappa shape index (κ3) is 4.24. The lowest BCUT2D eigenvalue weighted by Gasteiger charge is -2.25. The number of carbonyl (C=O) groups is 2. The lowest BCUT2D eigenvalue weighted by atomic mass is 9.95. The molecular weight excluding hydrogens is 432 g/mol. The van der Waals surface area contributed by atoms with Crippen molar-refractivity contribution in [3.8, 4) is 11.5 Å². The number of aryl methyl sites for hydroxylation is 1. The molecule has 1 amide bonds. The van der Waals surface area contributed by atoms with E-state index in [0.29, 0.717) is 41.5 Å². The first-order valence-electron chi connectivity index (χ1n) is 11.1. The Morgan fingerprint density at radius 1 is 1.00 bits per heavy atom. The molecule has 4 rings (SSSR count). The minimum atomic E-state index is -0.827. The van der Waals surface area contributed by atoms with Crippen LogP contribution in [0.3, 0.4) is 0 Å². The van der Waals surface area contributed by atoms with E-state index in [1.807, 2.05) is 20.8 Å². The molecule has 1 unspecified atom stereocenters. The number of nitrogens with zero attached hydrogens (tertiary/aromatic N) is 2. The predicted octanol–water partition coefficient (Wildman–Crippen LogP) is 4.81. The van der Waals surface area contributed by atoms with Gasteiger partial charge in [0, 0.05) is 29.7 Å². The number of hydrogen-bond acceptors (Lipinski definition) is 6. The Morgan fingerprint density at radius 2 is 1.74 bits per heavy atom. The van der Waals surface area contributed by atoms with Crippen LogP contribution in [-0.2, 0) is 9.59 Å². The smallest absolute Gasteiger partial charge is 0.300 e. The van der Waals surface area contributed by atoms with Gasteiger partial charge in [0.2, 0.25) is 0 Å². The van der Waals surface area contributed by atoms with Crippen molar-refractivity contribution in [1.82, 2.24) is 4.98 Å². The molecule has 0 saturated carbocycles. The fraction of sp³-hybridized carbons (Fsp3) is 0.222. The van der Waals surface area contributed by atoms with Gasteiger partial charge >= 0.3 is 0 Å². The molecular formula is C27H26N2O5. The fourth-order valence-corrected chi connectivity index (χ4v) is 4.12. The molecule has 7 nitrogen and oxygen atoms in total. The summed E-state index contributed by atoms with van der Waals surface area (Å²) >= 11 is 0. The average Bonchev–Trinajstić information content (AvgIpc) is 3.11. The van der Waals surface area contributed by atoms with Crippen LogP contribution in [0, 0.1) is 6.92 Å². The molecule has 0 aliphatic carbocycles. The van der Waals surface area contributed by atoms with E-state index in [2.05, 4.69) is 4.98 Å². The Labute approximate surface area is 198 Å². The molecule has 3 aromatic rings. The SMILES string of the molecule is CCOc1cccc(N2C(=O)C(=O)/C(=C(/O)c3ccc(OCC)c(C)c3)C2c2ccncc2)c1. The van der Waals surface area contributed by atoms with Crippen molar-refractivity contribution in [3.05, 3.63) is 89.3 Å². The Kier molecular flexibility index (Phi) is 6.63. The summed E-state index contributed by atoms with van der Waals surface area (Å²) in [5.74, 6) is -0.447. The summed E-state index contributed by atoms with van der Waals surface area (Å²) in [6.45, 7) is 6.60. The number of rotatable bonds is 7. The monoisotopic (exact) mass is 458 g/mol. The second-order valence-electron chi connectivity index (χ2n) is 7.79. The molecule has 1 fully saturated rings. The van der Waals surface area contributed by atoms with Crippen molar-refractivity contribution in [2.75, 3.05) is 18.1 Å². The molecule has 0 spiro atoms. The zero-order valence-corrected chi connectivity index (χ0v) is 19.3. The molecule has 1 aliphatic heterocycles. The second-order valence-corrected chi connectivity index (χ2v) is 7.79. The van der Waals surface area contributed by atoms with Gasteiger partial charge in [-0.05, 0) is 74.4 Å². The van der Waals surface area contributed by atoms with Crippen LogP contribution < -0.4 is 14.4 Å². The van der Waals surface area contributed by atoms with Gasteiger partial charge < -0.3 is 14.6 Å². The van der Waals surface area contributed by atoms with Crippen LogP contribution >= 0.6 is 0 Å². The molecule has 0 radical (unpaired) electrons. The highest BCUT2D eigenvalue weighted by Gasteiger charge is 2.47. The number of hydrogen-bond donors (Lipinski definition) is 1. The molecule has 1 N–H and O–H groups in total. The standard InChI is InChI=1S/C27H26N2O5/c1-4-33-21-8-6-7-20(16-21)29-24(18-11-13-28-14-12-18)23(26(31)27(29)32)25(30)19-9-10-22(34-5-2)17(3)15-19/h6-16,24,30H,4-5H2,1-3H3/b25-23+. The van der Waals surface area contributed by atoms with Gasteiger partial charge in [-0.25, -0.2) is 0 Å². The van der Waals surface area contributed by atoms with Gasteiger partial charge in [0.05, 0.1) is 24.8 Å². The number of carbonyl (C=O) groups excluding carboxylic acids is 2. The van der Waals surface area contributed by atoms with Gasteiger partial charge in [0.15, 0.2) is 0 Å². The van der Waals surface area contributed by atoms with Gasteiger partial charge in [0.25, 0.3) is 11.7 Å². The van der Waals surface area contributed by atoms with Gasteiger partial charge in [-0.15, -0.1) is 0 Å². The summed E-state index contributed by atoms with van der Waals surface area (Å²) in [6, 6.07) is 14.8. The average molecular weight is 459 g/mol. The highest BCUT2D eigenvalue weighted by atomic mass is 16.5. The largest absolute Gasteiger partial charge is 0.507 e. The Morgan fingerprint density at radius 3 is 2.41 bits per heavy atom. The van der Waals surface area contributed by atoms with Crippen LogP contribution in [0.2, 0.25) is 0 Å². The van der Waals surface area contributed by atoms with Crippen LogP contribution in [0.25, 0.3) is 5.76 Å². The maximum Gasteiger partial charge on any atom is 0.300 e. The highest BCUT2D eigenvalue weighted by Crippen LogP contribution is 2.42. The first kappa shape index (κ1) is 23.0. The van der Waals surface area contributed by atoms with Gasteiger partial charge in [-0.1, -0.05) is 6.07 Å². The van der Waals surface area contributed by atoms with Gasteiger partial charge in [-0.3, -0.25) is 19.5 Å². The van der Waals surface area contributed by atoms with E-state index in [0.717, 1.165) is 5.56 Å². The number of ketones is 1. The van der Waals surface area contributed by atoms with Gasteiger partial charge in [-0.2, -0.15) is 0 Å². The summed E-state index contributed by atoms with van der Waals surface area (Å²) in [5, 5.41) is 11.3. The third-order valence-electron chi connectivity index (χ3n) is 5.62. The van der Waals surface area contributed by atoms with Crippen molar-refractivity contribution < 1.29 is 24.2 Å². The molecule has 1 aromatic heterocycles. The maximum atomic E-state index is 13.3. The minimum Gasteiger partial charge on any atom is -0.507 e. The summed E-state index contributed by atoms with van der Waals surface area (Å²) in [5.41, 5.74) is 2.41. The van der Waals surface area contributed by atoms with Crippen molar-refractivity contribution in [2.24, 2.45) is 0 Å². The molecule has 2 heterocycles. The Bertz CT molecular complexity index is 1250. The Hall–Kier alpha value is -4.13. The molecule has 0 bridgehead atoms. The summed E-state index contributed by atoms with van der Waals surface area (Å²) < 4.78 is 11.2. The third-order valence-corrected chi connectivity index (χ3v) is 5.62. The number of anilines is 1. The van der Waals surface area contributed by atoms with E-state index < -0.39 is 17.7 Å². The van der Waals surface area contributed by atoms with Crippen molar-refractivity contribution in [1.29, 1.82) is 0 Å². The van der Waals surface area contributed by atoms with Crippen molar-refractivity contribution in [2.45, 2.75) is 26.8 Å². The fourth-order valence-electron chi connectivity index (χ4n) is 4.12. The Balaban J connectivity index is 1.88. The van der Waals surface area contributed by atoms with E-state index in [4.69, 9.17) is 9.47 Å². The van der Waals surface area contributed by atoms with E-state index in [-0.39, 0.29) is 11.3 Å². The zero-order chi connectivity index (χ0) is 24.2. The van der Waals surface area contributed by atoms with E-state index >= 15 is 0 Å². The second kappa shape index (κ2) is 9.79. The number of aliphatic hydroxyl groups excluding tert-OH is 1. The summed E-state index contributed by atoms with van der Waals surface area (Å²) in [4.78, 5) is 32.0. The number of pyridine rings is 1. The number of amides is 1. The molecule has 2 aromatic carbocycles. The zero-order valence-electron chi connectivity index (χ0n) is 19.3. The van der Waals surface area contributed by atoms with Crippen molar-refractivity contribution in [3.63, 3.8) is 0 Å². The molecule has 1 saturated heterocycles. The number of ether oxygens (including phenoxy) is 2. The normalized spacial score (nSPS) is 17.1. The van der Waals surface area contributed by atoms with E-state index in [1.54, 1.807) is 67.0 Å². The predicted molar refractivity (Wildman–Crippen MR) is 129 cm³/mol. The maximum absolute atomic E-state index is 13.3. The lowest BCUT2D eigenvalue weighted by Crippen LogP contribution is -2.29. The van der Waals surface area contributed by atoms with E-state index in [9.17, 15) is 14.7 Å². The number of Topliss-reactive ketones (excluding diaryl/α,β-unsaturated/α-hetero) is 1. The van der Waals surface area contributed by atoms with Gasteiger partial charge in [0.1, 0.15) is 17.3 Å². The van der Waals surface area contributed by atoms with Crippen LogP contribution in [0.1, 0.15) is 36.6 Å². The quantitative estimate of drug-likeness (QED) is 0.310. The van der Waals surface area contributed by atoms with Crippen LogP contribution in [-0.4, -0.2) is 35.0 Å². The van der Waals surface area contributed by atoms with Crippen LogP contribution in [0.15, 0.2) is 72.6 Å². The van der Waals surface area contributed by atoms with Crippen molar-refractivity contribution >= 4 is 23.1 Å². The first-order valence-corrected chi connectivity index (χ1v) is 11.1. The summed E-state index contributed by atoms with van der Waals surface area (Å²) in [6.07, 6.45) is 3.18. The lowest BCUT2D eigenvalue weighted by molar-refractivity contribution is -0.132. The number of aliphatic hydroxyl groups is 1. The number of benzene rings is 2. The molecule has 1 atom stereocenters. The topological polar surface area (TPSA) is 89.0 Å². The molecule has 7 heteroatoms. The molecule has 34 heavy (non-hydrogen) atoms. The highest BCUT2D eigenvalue weighted by molar-refractivity contribution is 6.51. The van der Waals surface area contributed by atoms with E-state index in [1.165, 1.54) is 4.90 Å².